The molecule has 1 heterocycles. The quantitative estimate of drug-likeness (QED) is 0.784. The molecule has 3 N–H and O–H groups in total. The average molecular weight is 209 g/mol. The first-order valence-electron chi connectivity index (χ1n) is 4.95. The Morgan fingerprint density at radius 1 is 1.53 bits per heavy atom. The van der Waals surface area contributed by atoms with Crippen molar-refractivity contribution in [2.24, 2.45) is 0 Å². The second kappa shape index (κ2) is 4.06. The summed E-state index contributed by atoms with van der Waals surface area (Å²) in [7, 11) is 1.88. The van der Waals surface area contributed by atoms with Gasteiger partial charge in [-0.25, -0.2) is 4.98 Å². The molecule has 1 aromatic heterocycles. The van der Waals surface area contributed by atoms with Gasteiger partial charge in [-0.2, -0.15) is 0 Å². The number of likely N-dealkylation sites (N-methyl/N-ethyl adjacent to an activating group) is 1. The lowest BCUT2D eigenvalue weighted by Gasteiger charge is -2.26. The van der Waals surface area contributed by atoms with Crippen LogP contribution in [-0.4, -0.2) is 29.3 Å². The molecule has 1 rings (SSSR count). The topological polar surface area (TPSA) is 62.4 Å². The van der Waals surface area contributed by atoms with Gasteiger partial charge in [-0.05, 0) is 26.3 Å². The molecule has 0 amide bonds. The molecule has 0 aliphatic heterocycles. The highest BCUT2D eigenvalue weighted by molar-refractivity contribution is 5.54. The third-order valence-corrected chi connectivity index (χ3v) is 2.15. The normalized spacial score (nSPS) is 11.5. The van der Waals surface area contributed by atoms with Crippen LogP contribution < -0.4 is 10.6 Å². The van der Waals surface area contributed by atoms with E-state index < -0.39 is 5.60 Å². The van der Waals surface area contributed by atoms with Crippen LogP contribution in [0.2, 0.25) is 0 Å². The summed E-state index contributed by atoms with van der Waals surface area (Å²) >= 11 is 0. The maximum absolute atomic E-state index is 9.67. The molecule has 0 radical (unpaired) electrons. The summed E-state index contributed by atoms with van der Waals surface area (Å²) in [6.45, 7) is 5.96. The van der Waals surface area contributed by atoms with Gasteiger partial charge in [0.05, 0.1) is 5.60 Å². The molecule has 0 fully saturated rings. The largest absolute Gasteiger partial charge is 0.398 e. The molecule has 0 aliphatic carbocycles. The van der Waals surface area contributed by atoms with Gasteiger partial charge in [0, 0.05) is 31.5 Å². The third-order valence-electron chi connectivity index (χ3n) is 2.15. The van der Waals surface area contributed by atoms with Crippen LogP contribution in [0.25, 0.3) is 0 Å². The predicted octanol–water partition coefficient (Wildman–Crippen LogP) is 1.18. The van der Waals surface area contributed by atoms with Gasteiger partial charge in [0.2, 0.25) is 0 Å². The highest BCUT2D eigenvalue weighted by atomic mass is 16.3. The maximum Gasteiger partial charge on any atom is 0.130 e. The van der Waals surface area contributed by atoms with Crippen LogP contribution in [-0.2, 0) is 0 Å². The van der Waals surface area contributed by atoms with Crippen molar-refractivity contribution >= 4 is 11.5 Å². The predicted molar refractivity (Wildman–Crippen MR) is 63.0 cm³/mol. The molecule has 4 heteroatoms. The van der Waals surface area contributed by atoms with Crippen LogP contribution in [0.4, 0.5) is 11.5 Å². The number of nitrogens with two attached hydrogens (primary N) is 1. The molecule has 0 atom stereocenters. The smallest absolute Gasteiger partial charge is 0.130 e. The Balaban J connectivity index is 2.83. The van der Waals surface area contributed by atoms with Crippen molar-refractivity contribution in [1.82, 2.24) is 4.98 Å². The molecular formula is C11H19N3O. The summed E-state index contributed by atoms with van der Waals surface area (Å²) < 4.78 is 0. The van der Waals surface area contributed by atoms with Crippen molar-refractivity contribution in [2.75, 3.05) is 24.2 Å². The summed E-state index contributed by atoms with van der Waals surface area (Å²) in [6.07, 6.45) is 1.74. The van der Waals surface area contributed by atoms with E-state index in [9.17, 15) is 5.11 Å². The molecule has 0 spiro atoms. The molecule has 0 saturated heterocycles. The van der Waals surface area contributed by atoms with E-state index in [0.29, 0.717) is 6.54 Å². The molecule has 0 unspecified atom stereocenters. The van der Waals surface area contributed by atoms with Crippen molar-refractivity contribution in [3.05, 3.63) is 17.8 Å². The lowest BCUT2D eigenvalue weighted by molar-refractivity contribution is 0.0884. The lowest BCUT2D eigenvalue weighted by atomic mass is 10.1. The van der Waals surface area contributed by atoms with Crippen molar-refractivity contribution in [3.8, 4) is 0 Å². The fourth-order valence-corrected chi connectivity index (χ4v) is 1.40. The third kappa shape index (κ3) is 3.40. The maximum atomic E-state index is 9.67. The zero-order valence-corrected chi connectivity index (χ0v) is 9.78. The van der Waals surface area contributed by atoms with Crippen molar-refractivity contribution in [3.63, 3.8) is 0 Å². The van der Waals surface area contributed by atoms with Crippen LogP contribution in [0.5, 0.6) is 0 Å². The minimum absolute atomic E-state index is 0.516. The fraction of sp³-hybridized carbons (Fsp3) is 0.545. The number of hydrogen-bond acceptors (Lipinski definition) is 4. The fourth-order valence-electron chi connectivity index (χ4n) is 1.40. The number of aliphatic hydroxyl groups is 1. The monoisotopic (exact) mass is 209 g/mol. The molecule has 0 bridgehead atoms. The van der Waals surface area contributed by atoms with Gasteiger partial charge in [-0.3, -0.25) is 0 Å². The molecule has 0 aliphatic rings. The van der Waals surface area contributed by atoms with Crippen molar-refractivity contribution in [2.45, 2.75) is 26.4 Å². The highest BCUT2D eigenvalue weighted by Gasteiger charge is 2.16. The molecular weight excluding hydrogens is 190 g/mol. The molecule has 15 heavy (non-hydrogen) atoms. The van der Waals surface area contributed by atoms with Gasteiger partial charge in [-0.15, -0.1) is 0 Å². The van der Waals surface area contributed by atoms with Crippen LogP contribution in [0.1, 0.15) is 19.4 Å². The van der Waals surface area contributed by atoms with Crippen LogP contribution in [0.3, 0.4) is 0 Å². The van der Waals surface area contributed by atoms with Gasteiger partial charge < -0.3 is 15.7 Å². The highest BCUT2D eigenvalue weighted by Crippen LogP contribution is 2.18. The van der Waals surface area contributed by atoms with E-state index in [1.54, 1.807) is 20.0 Å². The number of anilines is 2. The Bertz CT molecular complexity index is 344. The Morgan fingerprint density at radius 2 is 2.13 bits per heavy atom. The van der Waals surface area contributed by atoms with Gasteiger partial charge >= 0.3 is 0 Å². The number of pyridine rings is 1. The SMILES string of the molecule is Cc1cnc(N(C)CC(C)(C)O)cc1N. The van der Waals surface area contributed by atoms with Crippen LogP contribution in [0, 0.1) is 6.92 Å². The summed E-state index contributed by atoms with van der Waals surface area (Å²) in [5, 5.41) is 9.67. The first-order chi connectivity index (χ1) is 6.79. The Hall–Kier alpha value is -1.29. The van der Waals surface area contributed by atoms with E-state index in [1.165, 1.54) is 0 Å². The second-order valence-corrected chi connectivity index (χ2v) is 4.57. The number of rotatable bonds is 3. The Morgan fingerprint density at radius 3 is 2.60 bits per heavy atom. The van der Waals surface area contributed by atoms with Gasteiger partial charge in [0.25, 0.3) is 0 Å². The minimum Gasteiger partial charge on any atom is -0.398 e. The van der Waals surface area contributed by atoms with E-state index >= 15 is 0 Å². The van der Waals surface area contributed by atoms with Crippen LogP contribution in [0.15, 0.2) is 12.3 Å². The number of aromatic nitrogens is 1. The minimum atomic E-state index is -0.740. The van der Waals surface area contributed by atoms with Gasteiger partial charge in [-0.1, -0.05) is 0 Å². The summed E-state index contributed by atoms with van der Waals surface area (Å²) in [5.41, 5.74) is 6.75. The summed E-state index contributed by atoms with van der Waals surface area (Å²) in [5.74, 6) is 0.778. The van der Waals surface area contributed by atoms with Crippen LogP contribution >= 0.6 is 0 Å². The van der Waals surface area contributed by atoms with E-state index in [2.05, 4.69) is 4.98 Å². The Kier molecular flexibility index (Phi) is 3.19. The van der Waals surface area contributed by atoms with E-state index in [4.69, 9.17) is 5.73 Å². The number of nitrogen functional groups attached to an aromatic ring is 1. The standard InChI is InChI=1S/C11H19N3O/c1-8-6-13-10(5-9(8)12)14(4)7-11(2,3)15/h5-6,15H,7H2,1-4H3,(H2,12,13). The van der Waals surface area contributed by atoms with Gasteiger partial charge in [0.1, 0.15) is 5.82 Å². The first kappa shape index (κ1) is 11.8. The summed E-state index contributed by atoms with van der Waals surface area (Å²) in [4.78, 5) is 6.14. The molecule has 4 nitrogen and oxygen atoms in total. The number of aryl methyl sites for hydroxylation is 1. The number of hydrogen-bond donors (Lipinski definition) is 2. The zero-order valence-electron chi connectivity index (χ0n) is 9.78. The number of nitrogens with zero attached hydrogens (tertiary/aromatic N) is 2. The summed E-state index contributed by atoms with van der Waals surface area (Å²) in [6, 6.07) is 1.82. The van der Waals surface area contributed by atoms with E-state index in [1.807, 2.05) is 24.9 Å². The molecule has 84 valence electrons. The molecule has 0 saturated carbocycles. The van der Waals surface area contributed by atoms with Gasteiger partial charge in [0.15, 0.2) is 0 Å². The second-order valence-electron chi connectivity index (χ2n) is 4.57. The molecule has 0 aromatic carbocycles. The Labute approximate surface area is 90.7 Å². The van der Waals surface area contributed by atoms with E-state index in [-0.39, 0.29) is 0 Å². The zero-order chi connectivity index (χ0) is 11.6. The molecule has 1 aromatic rings. The average Bonchev–Trinajstić information content (AvgIpc) is 2.06. The van der Waals surface area contributed by atoms with Crippen molar-refractivity contribution < 1.29 is 5.11 Å². The first-order valence-corrected chi connectivity index (χ1v) is 4.95. The lowest BCUT2D eigenvalue weighted by Crippen LogP contribution is -2.36. The van der Waals surface area contributed by atoms with Crippen molar-refractivity contribution in [1.29, 1.82) is 0 Å². The van der Waals surface area contributed by atoms with E-state index in [0.717, 1.165) is 17.1 Å².